The smallest absolute Gasteiger partial charge is 0.404 e. The van der Waals surface area contributed by atoms with Crippen LogP contribution in [0.1, 0.15) is 56.7 Å². The number of hydrogen-bond donors (Lipinski definition) is 0. The molecule has 5 rings (SSSR count). The van der Waals surface area contributed by atoms with Crippen molar-refractivity contribution in [3.63, 3.8) is 0 Å². The van der Waals surface area contributed by atoms with Crippen molar-refractivity contribution in [2.24, 2.45) is 11.8 Å². The van der Waals surface area contributed by atoms with E-state index in [2.05, 4.69) is 0 Å². The number of benzene rings is 1. The minimum absolute atomic E-state index is 0.0152. The minimum atomic E-state index is -3.87. The standard InChI is InChI=1S/C29H34ClN2O7PS2/c1-17(2)14-37-40(35,38-15-18(3)4)39-20-7-5-19(6-8-20)26-27-21-11-12-42(36)16-23(21)41-29(27)31-22(28(26)30)13-32-24(33)9-10-25(32)34/h5-8,17-18H,9-16H2,1-4H3. The Kier molecular flexibility index (Phi) is 9.57. The maximum atomic E-state index is 13.4. The summed E-state index contributed by atoms with van der Waals surface area (Å²) in [6.07, 6.45) is 0.996. The Bertz CT molecular complexity index is 1560. The van der Waals surface area contributed by atoms with E-state index < -0.39 is 18.6 Å². The fourth-order valence-corrected chi connectivity index (χ4v) is 9.33. The maximum absolute atomic E-state index is 13.4. The zero-order chi connectivity index (χ0) is 30.2. The molecular formula is C29H34ClN2O7PS2. The summed E-state index contributed by atoms with van der Waals surface area (Å²) in [5, 5.41) is 1.24. The number of rotatable bonds is 11. The summed E-state index contributed by atoms with van der Waals surface area (Å²) >= 11 is 8.50. The molecule has 0 saturated carbocycles. The number of likely N-dealkylation sites (tertiary alicyclic amines) is 1. The fourth-order valence-electron chi connectivity index (χ4n) is 4.78. The second kappa shape index (κ2) is 12.8. The topological polar surface area (TPSA) is 112 Å². The highest BCUT2D eigenvalue weighted by Gasteiger charge is 2.33. The van der Waals surface area contributed by atoms with Crippen molar-refractivity contribution in [3.05, 3.63) is 45.4 Å². The number of carbonyl (C=O) groups excluding carboxylic acids is 2. The molecule has 0 spiro atoms. The highest BCUT2D eigenvalue weighted by molar-refractivity contribution is 7.84. The molecule has 1 atom stereocenters. The van der Waals surface area contributed by atoms with Gasteiger partial charge in [-0.2, -0.15) is 0 Å². The van der Waals surface area contributed by atoms with Crippen molar-refractivity contribution < 1.29 is 31.9 Å². The predicted molar refractivity (Wildman–Crippen MR) is 165 cm³/mol. The average Bonchev–Trinajstić information content (AvgIpc) is 3.45. The molecule has 42 heavy (non-hydrogen) atoms. The van der Waals surface area contributed by atoms with Crippen molar-refractivity contribution >= 4 is 63.6 Å². The highest BCUT2D eigenvalue weighted by Crippen LogP contribution is 2.51. The first-order chi connectivity index (χ1) is 19.9. The Morgan fingerprint density at radius 1 is 1.02 bits per heavy atom. The Balaban J connectivity index is 1.53. The van der Waals surface area contributed by atoms with E-state index in [0.29, 0.717) is 34.4 Å². The van der Waals surface area contributed by atoms with E-state index in [-0.39, 0.29) is 56.3 Å². The number of fused-ring (bicyclic) bond motifs is 3. The van der Waals surface area contributed by atoms with Gasteiger partial charge in [0.1, 0.15) is 10.6 Å². The number of aryl methyl sites for hydroxylation is 1. The van der Waals surface area contributed by atoms with Gasteiger partial charge in [-0.25, -0.2) is 9.55 Å². The number of nitrogens with zero attached hydrogens (tertiary/aromatic N) is 2. The van der Waals surface area contributed by atoms with Gasteiger partial charge in [0.2, 0.25) is 11.8 Å². The molecule has 1 unspecified atom stereocenters. The third-order valence-corrected chi connectivity index (χ3v) is 11.2. The van der Waals surface area contributed by atoms with Crippen molar-refractivity contribution in [2.75, 3.05) is 19.0 Å². The molecule has 2 amide bonds. The average molecular weight is 653 g/mol. The SMILES string of the molecule is CC(C)COP(=O)(OCC(C)C)Oc1ccc(-c2c(Cl)c(CN3C(=O)CCC3=O)nc3sc4c(c23)CCS(=O)C4)cc1. The number of halogens is 1. The molecule has 2 aromatic heterocycles. The number of pyridine rings is 1. The molecule has 1 fully saturated rings. The van der Waals surface area contributed by atoms with Gasteiger partial charge in [0.15, 0.2) is 0 Å². The van der Waals surface area contributed by atoms with Gasteiger partial charge in [-0.15, -0.1) is 11.3 Å². The molecule has 2 aliphatic rings. The van der Waals surface area contributed by atoms with Crippen molar-refractivity contribution in [1.82, 2.24) is 9.88 Å². The van der Waals surface area contributed by atoms with Gasteiger partial charge in [0, 0.05) is 45.2 Å². The molecular weight excluding hydrogens is 619 g/mol. The van der Waals surface area contributed by atoms with E-state index in [0.717, 1.165) is 31.8 Å². The summed E-state index contributed by atoms with van der Waals surface area (Å²) in [6, 6.07) is 6.99. The zero-order valence-corrected chi connectivity index (χ0v) is 27.3. The molecule has 2 aliphatic heterocycles. The number of phosphoric acid groups is 1. The van der Waals surface area contributed by atoms with Crippen LogP contribution in [0, 0.1) is 11.8 Å². The zero-order valence-electron chi connectivity index (χ0n) is 24.0. The Morgan fingerprint density at radius 2 is 1.64 bits per heavy atom. The van der Waals surface area contributed by atoms with Crippen LogP contribution in [0.5, 0.6) is 5.75 Å². The maximum Gasteiger partial charge on any atom is 0.530 e. The summed E-state index contributed by atoms with van der Waals surface area (Å²) in [4.78, 5) is 32.5. The summed E-state index contributed by atoms with van der Waals surface area (Å²) in [5.74, 6) is 1.11. The predicted octanol–water partition coefficient (Wildman–Crippen LogP) is 6.90. The molecule has 0 bridgehead atoms. The number of imide groups is 1. The van der Waals surface area contributed by atoms with Crippen LogP contribution in [0.15, 0.2) is 24.3 Å². The lowest BCUT2D eigenvalue weighted by molar-refractivity contribution is -0.139. The third-order valence-electron chi connectivity index (χ3n) is 6.86. The lowest BCUT2D eigenvalue weighted by atomic mass is 9.97. The molecule has 9 nitrogen and oxygen atoms in total. The summed E-state index contributed by atoms with van der Waals surface area (Å²) < 4.78 is 42.7. The number of hydrogen-bond acceptors (Lipinski definition) is 9. The number of amides is 2. The second-order valence-corrected chi connectivity index (χ2v) is 15.9. The van der Waals surface area contributed by atoms with Crippen LogP contribution in [-0.2, 0) is 52.7 Å². The normalized spacial score (nSPS) is 17.6. The third kappa shape index (κ3) is 6.82. The number of aromatic nitrogens is 1. The van der Waals surface area contributed by atoms with E-state index in [4.69, 9.17) is 30.2 Å². The fraction of sp³-hybridized carbons (Fsp3) is 0.483. The van der Waals surface area contributed by atoms with Crippen LogP contribution in [0.4, 0.5) is 0 Å². The molecule has 0 radical (unpaired) electrons. The molecule has 13 heteroatoms. The van der Waals surface area contributed by atoms with Crippen LogP contribution in [0.3, 0.4) is 0 Å². The van der Waals surface area contributed by atoms with Gasteiger partial charge in [0.25, 0.3) is 0 Å². The van der Waals surface area contributed by atoms with E-state index in [1.54, 1.807) is 12.1 Å². The Morgan fingerprint density at radius 3 is 2.24 bits per heavy atom. The molecule has 1 saturated heterocycles. The van der Waals surface area contributed by atoms with Crippen LogP contribution >= 0.6 is 30.8 Å². The van der Waals surface area contributed by atoms with Crippen molar-refractivity contribution in [2.45, 2.75) is 59.3 Å². The van der Waals surface area contributed by atoms with E-state index in [1.165, 1.54) is 16.2 Å². The Labute approximate surface area is 257 Å². The van der Waals surface area contributed by atoms with Crippen LogP contribution in [0.25, 0.3) is 21.3 Å². The number of phosphoric ester groups is 1. The van der Waals surface area contributed by atoms with Crippen LogP contribution < -0.4 is 4.52 Å². The largest absolute Gasteiger partial charge is 0.530 e. The van der Waals surface area contributed by atoms with E-state index in [1.807, 2.05) is 39.8 Å². The molecule has 0 aliphatic carbocycles. The van der Waals surface area contributed by atoms with Gasteiger partial charge in [-0.05, 0) is 41.5 Å². The van der Waals surface area contributed by atoms with Crippen LogP contribution in [-0.4, -0.2) is 44.9 Å². The highest BCUT2D eigenvalue weighted by atomic mass is 35.5. The Hall–Kier alpha value is -2.14. The van der Waals surface area contributed by atoms with Gasteiger partial charge < -0.3 is 4.52 Å². The quantitative estimate of drug-likeness (QED) is 0.162. The molecule has 3 aromatic rings. The monoisotopic (exact) mass is 652 g/mol. The molecule has 4 heterocycles. The van der Waals surface area contributed by atoms with Crippen molar-refractivity contribution in [1.29, 1.82) is 0 Å². The first-order valence-corrected chi connectivity index (χ1v) is 18.1. The molecule has 1 aromatic carbocycles. The lowest BCUT2D eigenvalue weighted by Gasteiger charge is -2.21. The first-order valence-electron chi connectivity index (χ1n) is 13.9. The van der Waals surface area contributed by atoms with Crippen LogP contribution in [0.2, 0.25) is 5.02 Å². The minimum Gasteiger partial charge on any atom is -0.404 e. The van der Waals surface area contributed by atoms with Crippen molar-refractivity contribution in [3.8, 4) is 16.9 Å². The van der Waals surface area contributed by atoms with Gasteiger partial charge >= 0.3 is 7.82 Å². The number of thiophene rings is 1. The first kappa shape index (κ1) is 31.3. The summed E-state index contributed by atoms with van der Waals surface area (Å²) in [7, 11) is -4.81. The van der Waals surface area contributed by atoms with Gasteiger partial charge in [-0.3, -0.25) is 27.7 Å². The van der Waals surface area contributed by atoms with E-state index >= 15 is 0 Å². The second-order valence-electron chi connectivity index (χ2n) is 11.3. The summed E-state index contributed by atoms with van der Waals surface area (Å²) in [5.41, 5.74) is 2.99. The van der Waals surface area contributed by atoms with E-state index in [9.17, 15) is 18.4 Å². The lowest BCUT2D eigenvalue weighted by Crippen LogP contribution is -2.29. The molecule has 0 N–H and O–H groups in total. The van der Waals surface area contributed by atoms with Gasteiger partial charge in [0.05, 0.1) is 36.2 Å². The summed E-state index contributed by atoms with van der Waals surface area (Å²) in [6.45, 7) is 8.22. The number of carbonyl (C=O) groups is 2. The van der Waals surface area contributed by atoms with Gasteiger partial charge in [-0.1, -0.05) is 51.4 Å². The molecule has 226 valence electrons.